The Balaban J connectivity index is 2.02. The Labute approximate surface area is 107 Å². The smallest absolute Gasteiger partial charge is 0.372 e. The second-order valence-corrected chi connectivity index (χ2v) is 5.10. The Bertz CT molecular complexity index is 215. The van der Waals surface area contributed by atoms with E-state index in [9.17, 15) is 13.2 Å². The van der Waals surface area contributed by atoms with E-state index in [4.69, 9.17) is 0 Å². The normalized spacial score (nSPS) is 19.3. The molecule has 1 atom stereocenters. The summed E-state index contributed by atoms with van der Waals surface area (Å²) in [4.78, 5) is 0. The molecule has 1 rings (SSSR count). The molecule has 1 unspecified atom stereocenters. The van der Waals surface area contributed by atoms with Crippen molar-refractivity contribution in [2.24, 2.45) is 5.92 Å². The van der Waals surface area contributed by atoms with Gasteiger partial charge in [-0.05, 0) is 45.1 Å². The van der Waals surface area contributed by atoms with Crippen LogP contribution in [0.2, 0.25) is 0 Å². The third kappa shape index (κ3) is 6.59. The molecule has 0 bridgehead atoms. The molecule has 0 saturated heterocycles. The summed E-state index contributed by atoms with van der Waals surface area (Å²) in [6, 6.07) is 0.523. The van der Waals surface area contributed by atoms with Crippen LogP contribution in [0.3, 0.4) is 0 Å². The molecular weight excluding hydrogens is 243 g/mol. The number of unbranched alkanes of at least 4 members (excludes halogenated alkanes) is 1. The monoisotopic (exact) mass is 267 g/mol. The molecule has 1 saturated carbocycles. The zero-order chi connectivity index (χ0) is 13.4. The molecule has 5 heteroatoms. The lowest BCUT2D eigenvalue weighted by molar-refractivity contribution is -0.174. The number of halogens is 3. The van der Waals surface area contributed by atoms with Crippen LogP contribution < -0.4 is 5.32 Å². The first-order chi connectivity index (χ1) is 8.53. The van der Waals surface area contributed by atoms with Crippen LogP contribution in [-0.2, 0) is 4.74 Å². The number of rotatable bonds is 8. The van der Waals surface area contributed by atoms with Gasteiger partial charge >= 0.3 is 6.18 Å². The molecule has 1 N–H and O–H groups in total. The Kier molecular flexibility index (Phi) is 7.00. The van der Waals surface area contributed by atoms with E-state index in [0.717, 1.165) is 18.8 Å². The molecule has 1 fully saturated rings. The first-order valence-corrected chi connectivity index (χ1v) is 6.84. The van der Waals surface area contributed by atoms with Crippen LogP contribution in [0.5, 0.6) is 0 Å². The zero-order valence-electron chi connectivity index (χ0n) is 11.1. The van der Waals surface area contributed by atoms with Gasteiger partial charge in [0.05, 0.1) is 0 Å². The van der Waals surface area contributed by atoms with Crippen LogP contribution in [0.25, 0.3) is 0 Å². The highest BCUT2D eigenvalue weighted by molar-refractivity contribution is 4.79. The van der Waals surface area contributed by atoms with Gasteiger partial charge in [-0.2, -0.15) is 13.2 Å². The van der Waals surface area contributed by atoms with Crippen molar-refractivity contribution in [2.75, 3.05) is 20.3 Å². The summed E-state index contributed by atoms with van der Waals surface area (Å²) < 4.78 is 40.0. The second kappa shape index (κ2) is 8.00. The van der Waals surface area contributed by atoms with Gasteiger partial charge in [0.2, 0.25) is 0 Å². The maximum atomic E-state index is 11.8. The summed E-state index contributed by atoms with van der Waals surface area (Å²) in [6.07, 6.45) is 3.69. The van der Waals surface area contributed by atoms with E-state index < -0.39 is 12.8 Å². The van der Waals surface area contributed by atoms with Crippen molar-refractivity contribution >= 4 is 0 Å². The highest BCUT2D eigenvalue weighted by Crippen LogP contribution is 2.29. The molecule has 2 nitrogen and oxygen atoms in total. The number of nitrogens with one attached hydrogen (secondary N) is 1. The minimum absolute atomic E-state index is 0.209. The fraction of sp³-hybridized carbons (Fsp3) is 1.00. The summed E-state index contributed by atoms with van der Waals surface area (Å²) >= 11 is 0. The largest absolute Gasteiger partial charge is 0.411 e. The van der Waals surface area contributed by atoms with Crippen LogP contribution in [0, 0.1) is 5.92 Å². The summed E-state index contributed by atoms with van der Waals surface area (Å²) in [6.45, 7) is -0.911. The van der Waals surface area contributed by atoms with Crippen molar-refractivity contribution in [1.82, 2.24) is 5.32 Å². The van der Waals surface area contributed by atoms with Crippen LogP contribution >= 0.6 is 0 Å². The summed E-state index contributed by atoms with van der Waals surface area (Å²) in [5.41, 5.74) is 0. The van der Waals surface area contributed by atoms with Crippen LogP contribution in [0.15, 0.2) is 0 Å². The average Bonchev–Trinajstić information content (AvgIpc) is 2.80. The fourth-order valence-electron chi connectivity index (χ4n) is 2.73. The molecule has 1 aliphatic carbocycles. The van der Waals surface area contributed by atoms with Gasteiger partial charge in [-0.1, -0.05) is 12.8 Å². The second-order valence-electron chi connectivity index (χ2n) is 5.10. The number of hydrogen-bond acceptors (Lipinski definition) is 2. The number of alkyl halides is 3. The van der Waals surface area contributed by atoms with Gasteiger partial charge in [0.1, 0.15) is 6.61 Å². The zero-order valence-corrected chi connectivity index (χ0v) is 11.1. The van der Waals surface area contributed by atoms with E-state index in [1.165, 1.54) is 25.7 Å². The molecule has 0 amide bonds. The number of hydrogen-bond donors (Lipinski definition) is 1. The van der Waals surface area contributed by atoms with Crippen LogP contribution in [0.1, 0.15) is 44.9 Å². The van der Waals surface area contributed by atoms with E-state index in [0.29, 0.717) is 12.5 Å². The van der Waals surface area contributed by atoms with E-state index in [-0.39, 0.29) is 6.61 Å². The first-order valence-electron chi connectivity index (χ1n) is 6.84. The molecule has 108 valence electrons. The van der Waals surface area contributed by atoms with Crippen LogP contribution in [0.4, 0.5) is 13.2 Å². The van der Waals surface area contributed by atoms with Gasteiger partial charge in [-0.25, -0.2) is 0 Å². The third-order valence-electron chi connectivity index (χ3n) is 3.66. The molecule has 0 radical (unpaired) electrons. The quantitative estimate of drug-likeness (QED) is 0.679. The Morgan fingerprint density at radius 1 is 1.22 bits per heavy atom. The van der Waals surface area contributed by atoms with Crippen molar-refractivity contribution in [3.63, 3.8) is 0 Å². The van der Waals surface area contributed by atoms with E-state index in [1.54, 1.807) is 0 Å². The van der Waals surface area contributed by atoms with Gasteiger partial charge in [0, 0.05) is 12.6 Å². The highest BCUT2D eigenvalue weighted by Gasteiger charge is 2.27. The summed E-state index contributed by atoms with van der Waals surface area (Å²) in [5, 5.41) is 3.34. The first kappa shape index (κ1) is 15.8. The minimum Gasteiger partial charge on any atom is -0.372 e. The van der Waals surface area contributed by atoms with Crippen molar-refractivity contribution in [3.05, 3.63) is 0 Å². The molecule has 0 spiro atoms. The fourth-order valence-corrected chi connectivity index (χ4v) is 2.73. The van der Waals surface area contributed by atoms with Gasteiger partial charge in [-0.15, -0.1) is 0 Å². The minimum atomic E-state index is -4.20. The molecule has 0 aromatic heterocycles. The maximum absolute atomic E-state index is 11.8. The predicted octanol–water partition coefficient (Wildman–Crippen LogP) is 3.51. The van der Waals surface area contributed by atoms with Crippen molar-refractivity contribution in [2.45, 2.75) is 57.2 Å². The molecule has 0 aromatic carbocycles. The molecule has 0 aliphatic heterocycles. The Hall–Kier alpha value is -0.290. The van der Waals surface area contributed by atoms with Crippen molar-refractivity contribution in [1.29, 1.82) is 0 Å². The van der Waals surface area contributed by atoms with E-state index in [2.05, 4.69) is 10.1 Å². The standard InChI is InChI=1S/C13H24F3NO/c1-17-12(11-6-2-3-7-11)8-4-5-9-18-10-13(14,15)16/h11-12,17H,2-10H2,1H3. The summed E-state index contributed by atoms with van der Waals surface area (Å²) in [7, 11) is 1.98. The lowest BCUT2D eigenvalue weighted by Crippen LogP contribution is -2.32. The Morgan fingerprint density at radius 3 is 2.44 bits per heavy atom. The van der Waals surface area contributed by atoms with Crippen molar-refractivity contribution in [3.8, 4) is 0 Å². The Morgan fingerprint density at radius 2 is 1.89 bits per heavy atom. The molecule has 18 heavy (non-hydrogen) atoms. The van der Waals surface area contributed by atoms with Gasteiger partial charge in [0.25, 0.3) is 0 Å². The van der Waals surface area contributed by atoms with E-state index >= 15 is 0 Å². The van der Waals surface area contributed by atoms with Crippen molar-refractivity contribution < 1.29 is 17.9 Å². The molecule has 0 aromatic rings. The molecule has 0 heterocycles. The van der Waals surface area contributed by atoms with E-state index in [1.807, 2.05) is 7.05 Å². The molecular formula is C13H24F3NO. The maximum Gasteiger partial charge on any atom is 0.411 e. The van der Waals surface area contributed by atoms with Crippen LogP contribution in [-0.4, -0.2) is 32.5 Å². The third-order valence-corrected chi connectivity index (χ3v) is 3.66. The lowest BCUT2D eigenvalue weighted by Gasteiger charge is -2.22. The summed E-state index contributed by atoms with van der Waals surface area (Å²) in [5.74, 6) is 0.756. The van der Waals surface area contributed by atoms with Gasteiger partial charge < -0.3 is 10.1 Å². The number of ether oxygens (including phenoxy) is 1. The highest BCUT2D eigenvalue weighted by atomic mass is 19.4. The average molecular weight is 267 g/mol. The lowest BCUT2D eigenvalue weighted by atomic mass is 9.94. The van der Waals surface area contributed by atoms with Gasteiger partial charge in [0.15, 0.2) is 0 Å². The molecule has 1 aliphatic rings. The predicted molar refractivity (Wildman–Crippen MR) is 65.5 cm³/mol. The van der Waals surface area contributed by atoms with Gasteiger partial charge in [-0.3, -0.25) is 0 Å². The topological polar surface area (TPSA) is 21.3 Å². The SMILES string of the molecule is CNC(CCCCOCC(F)(F)F)C1CCCC1.